The van der Waals surface area contributed by atoms with Crippen molar-refractivity contribution in [3.63, 3.8) is 0 Å². The third-order valence-electron chi connectivity index (χ3n) is 3.94. The number of benzene rings is 1. The molecule has 0 aliphatic rings. The van der Waals surface area contributed by atoms with Gasteiger partial charge in [-0.1, -0.05) is 23.7 Å². The lowest BCUT2D eigenvalue weighted by atomic mass is 10.2. The quantitative estimate of drug-likeness (QED) is 0.493. The predicted molar refractivity (Wildman–Crippen MR) is 95.4 cm³/mol. The van der Waals surface area contributed by atoms with Crippen molar-refractivity contribution in [2.24, 2.45) is 0 Å². The summed E-state index contributed by atoms with van der Waals surface area (Å²) in [5, 5.41) is 4.25. The number of hydrogen-bond donors (Lipinski definition) is 0. The van der Waals surface area contributed by atoms with Gasteiger partial charge in [-0.15, -0.1) is 0 Å². The third-order valence-corrected chi connectivity index (χ3v) is 4.21. The Morgan fingerprint density at radius 3 is 2.64 bits per heavy atom. The smallest absolute Gasteiger partial charge is 0.401 e. The standard InChI is InChI=1S/C18H10ClF3N4O2/c1-9-6-14(16-24-13-5-3-2-4-11(13)17(27)28-16)26(25-9)15-12(19)7-10(8-23-15)18(20,21)22/h2-8H,1H3. The molecular weight excluding hydrogens is 397 g/mol. The number of rotatable bonds is 2. The topological polar surface area (TPSA) is 73.8 Å². The summed E-state index contributed by atoms with van der Waals surface area (Å²) in [6.07, 6.45) is -3.92. The highest BCUT2D eigenvalue weighted by atomic mass is 35.5. The summed E-state index contributed by atoms with van der Waals surface area (Å²) < 4.78 is 45.1. The van der Waals surface area contributed by atoms with Crippen LogP contribution in [0.15, 0.2) is 51.8 Å². The highest BCUT2D eigenvalue weighted by Crippen LogP contribution is 2.33. The van der Waals surface area contributed by atoms with Crippen molar-refractivity contribution in [3.05, 3.63) is 69.3 Å². The second kappa shape index (κ2) is 6.45. The fraction of sp³-hybridized carbons (Fsp3) is 0.111. The SMILES string of the molecule is Cc1cc(-c2nc3ccccc3c(=O)o2)n(-c2ncc(C(F)(F)F)cc2Cl)n1. The summed E-state index contributed by atoms with van der Waals surface area (Å²) in [6.45, 7) is 1.66. The largest absolute Gasteiger partial charge is 0.417 e. The van der Waals surface area contributed by atoms with Crippen LogP contribution in [-0.2, 0) is 6.18 Å². The number of para-hydroxylation sites is 1. The molecule has 0 unspecified atom stereocenters. The molecule has 28 heavy (non-hydrogen) atoms. The van der Waals surface area contributed by atoms with Gasteiger partial charge in [-0.25, -0.2) is 19.4 Å². The van der Waals surface area contributed by atoms with Gasteiger partial charge < -0.3 is 4.42 Å². The maximum Gasteiger partial charge on any atom is 0.417 e. The predicted octanol–water partition coefficient (Wildman–Crippen LogP) is 4.42. The van der Waals surface area contributed by atoms with E-state index < -0.39 is 17.4 Å². The molecule has 3 heterocycles. The molecule has 1 aromatic carbocycles. The summed E-state index contributed by atoms with van der Waals surface area (Å²) in [6, 6.07) is 8.95. The maximum absolute atomic E-state index is 12.9. The molecule has 0 bridgehead atoms. The first-order valence-electron chi connectivity index (χ1n) is 7.94. The van der Waals surface area contributed by atoms with Crippen molar-refractivity contribution in [2.75, 3.05) is 0 Å². The van der Waals surface area contributed by atoms with Crippen LogP contribution in [0.4, 0.5) is 13.2 Å². The molecule has 0 saturated carbocycles. The van der Waals surface area contributed by atoms with Crippen molar-refractivity contribution >= 4 is 22.5 Å². The summed E-state index contributed by atoms with van der Waals surface area (Å²) in [5.41, 5.74) is -0.440. The van der Waals surface area contributed by atoms with E-state index in [0.717, 1.165) is 6.07 Å². The Balaban J connectivity index is 1.90. The van der Waals surface area contributed by atoms with Crippen LogP contribution in [0.2, 0.25) is 5.02 Å². The molecule has 142 valence electrons. The van der Waals surface area contributed by atoms with Gasteiger partial charge in [-0.3, -0.25) is 0 Å². The van der Waals surface area contributed by atoms with Gasteiger partial charge in [0.2, 0.25) is 5.89 Å². The minimum absolute atomic E-state index is 0.0459. The fourth-order valence-electron chi connectivity index (χ4n) is 2.68. The van der Waals surface area contributed by atoms with E-state index in [1.807, 2.05) is 0 Å². The molecule has 4 rings (SSSR count). The van der Waals surface area contributed by atoms with E-state index in [1.165, 1.54) is 4.68 Å². The van der Waals surface area contributed by atoms with Crippen LogP contribution in [0.25, 0.3) is 28.3 Å². The number of pyridine rings is 1. The van der Waals surface area contributed by atoms with Crippen molar-refractivity contribution in [3.8, 4) is 17.4 Å². The average Bonchev–Trinajstić information content (AvgIpc) is 3.02. The normalized spacial score (nSPS) is 11.9. The van der Waals surface area contributed by atoms with E-state index in [-0.39, 0.29) is 22.4 Å². The molecule has 0 radical (unpaired) electrons. The Hall–Kier alpha value is -3.20. The Morgan fingerprint density at radius 2 is 1.93 bits per heavy atom. The number of aromatic nitrogens is 4. The first kappa shape index (κ1) is 18.2. The molecule has 0 aliphatic carbocycles. The first-order chi connectivity index (χ1) is 13.2. The Morgan fingerprint density at radius 1 is 1.18 bits per heavy atom. The second-order valence-electron chi connectivity index (χ2n) is 5.93. The van der Waals surface area contributed by atoms with Gasteiger partial charge in [0.05, 0.1) is 27.2 Å². The average molecular weight is 407 g/mol. The van der Waals surface area contributed by atoms with E-state index in [4.69, 9.17) is 16.0 Å². The minimum atomic E-state index is -4.58. The molecule has 0 amide bonds. The van der Waals surface area contributed by atoms with Gasteiger partial charge >= 0.3 is 11.8 Å². The molecule has 0 N–H and O–H groups in total. The summed E-state index contributed by atoms with van der Waals surface area (Å²) in [4.78, 5) is 20.4. The van der Waals surface area contributed by atoms with Crippen LogP contribution in [0.5, 0.6) is 0 Å². The molecule has 0 saturated heterocycles. The fourth-order valence-corrected chi connectivity index (χ4v) is 2.93. The highest BCUT2D eigenvalue weighted by molar-refractivity contribution is 6.32. The maximum atomic E-state index is 12.9. The zero-order valence-electron chi connectivity index (χ0n) is 14.2. The molecule has 4 aromatic rings. The van der Waals surface area contributed by atoms with Crippen LogP contribution >= 0.6 is 11.6 Å². The monoisotopic (exact) mass is 406 g/mol. The zero-order valence-corrected chi connectivity index (χ0v) is 14.9. The summed E-state index contributed by atoms with van der Waals surface area (Å²) in [7, 11) is 0. The van der Waals surface area contributed by atoms with Crippen LogP contribution in [0.1, 0.15) is 11.3 Å². The lowest BCUT2D eigenvalue weighted by Gasteiger charge is -2.10. The molecule has 0 atom stereocenters. The Kier molecular flexibility index (Phi) is 4.19. The van der Waals surface area contributed by atoms with Gasteiger partial charge in [-0.2, -0.15) is 18.3 Å². The number of nitrogens with zero attached hydrogens (tertiary/aromatic N) is 4. The van der Waals surface area contributed by atoms with E-state index in [1.54, 1.807) is 37.3 Å². The number of alkyl halides is 3. The summed E-state index contributed by atoms with van der Waals surface area (Å²) in [5.74, 6) is -0.0996. The Bertz CT molecular complexity index is 1260. The van der Waals surface area contributed by atoms with Crippen LogP contribution in [0, 0.1) is 6.92 Å². The van der Waals surface area contributed by atoms with Crippen molar-refractivity contribution in [1.29, 1.82) is 0 Å². The minimum Gasteiger partial charge on any atom is -0.401 e. The van der Waals surface area contributed by atoms with Crippen LogP contribution in [-0.4, -0.2) is 19.7 Å². The van der Waals surface area contributed by atoms with Crippen LogP contribution in [0.3, 0.4) is 0 Å². The van der Waals surface area contributed by atoms with E-state index >= 15 is 0 Å². The molecule has 0 aliphatic heterocycles. The molecule has 0 fully saturated rings. The van der Waals surface area contributed by atoms with Crippen LogP contribution < -0.4 is 5.63 Å². The Labute approximate surface area is 160 Å². The number of hydrogen-bond acceptors (Lipinski definition) is 5. The van der Waals surface area contributed by atoms with Crippen molar-refractivity contribution in [1.82, 2.24) is 19.7 Å². The molecule has 10 heteroatoms. The molecule has 6 nitrogen and oxygen atoms in total. The van der Waals surface area contributed by atoms with E-state index in [0.29, 0.717) is 22.8 Å². The second-order valence-corrected chi connectivity index (χ2v) is 6.34. The van der Waals surface area contributed by atoms with Gasteiger partial charge in [-0.05, 0) is 31.2 Å². The summed E-state index contributed by atoms with van der Waals surface area (Å²) >= 11 is 6.03. The molecule has 3 aromatic heterocycles. The lowest BCUT2D eigenvalue weighted by Crippen LogP contribution is -2.10. The van der Waals surface area contributed by atoms with Crippen molar-refractivity contribution in [2.45, 2.75) is 13.1 Å². The van der Waals surface area contributed by atoms with Gasteiger partial charge in [0.25, 0.3) is 0 Å². The third kappa shape index (κ3) is 3.13. The number of aryl methyl sites for hydroxylation is 1. The van der Waals surface area contributed by atoms with Gasteiger partial charge in [0.15, 0.2) is 5.82 Å². The number of halogens is 4. The molecular formula is C18H10ClF3N4O2. The van der Waals surface area contributed by atoms with Crippen molar-refractivity contribution < 1.29 is 17.6 Å². The van der Waals surface area contributed by atoms with Gasteiger partial charge in [0.1, 0.15) is 5.69 Å². The molecule has 0 spiro atoms. The number of fused-ring (bicyclic) bond motifs is 1. The lowest BCUT2D eigenvalue weighted by molar-refractivity contribution is -0.137. The highest BCUT2D eigenvalue weighted by Gasteiger charge is 2.32. The van der Waals surface area contributed by atoms with Gasteiger partial charge in [0, 0.05) is 6.20 Å². The van der Waals surface area contributed by atoms with E-state index in [2.05, 4.69) is 15.1 Å². The zero-order chi connectivity index (χ0) is 20.1. The first-order valence-corrected chi connectivity index (χ1v) is 8.32. The van der Waals surface area contributed by atoms with E-state index in [9.17, 15) is 18.0 Å².